The van der Waals surface area contributed by atoms with E-state index in [-0.39, 0.29) is 30.2 Å². The average Bonchev–Trinajstić information content (AvgIpc) is 2.74. The number of rotatable bonds is 4. The van der Waals surface area contributed by atoms with Gasteiger partial charge in [-0.25, -0.2) is 0 Å². The molecule has 0 saturated carbocycles. The molecule has 3 aliphatic rings. The van der Waals surface area contributed by atoms with Crippen LogP contribution in [0.4, 0.5) is 0 Å². The number of allylic oxidation sites excluding steroid dienone is 2. The predicted octanol–water partition coefficient (Wildman–Crippen LogP) is 2.35. The summed E-state index contributed by atoms with van der Waals surface area (Å²) in [5.74, 6) is 0.751. The van der Waals surface area contributed by atoms with Gasteiger partial charge >= 0.3 is 0 Å². The molecule has 104 valence electrons. The standard InChI is InChI=1S/C15H20O4/c1-4-5-10-7-15(8-13-14(2,3)19-13)12(6-11(10)16)17-9-18-15/h4,6,10,13H,1,5,7-9H2,2-3H3/t10-,13?,15-/m0/s1. The maximum Gasteiger partial charge on any atom is 0.189 e. The molecule has 0 amide bonds. The highest BCUT2D eigenvalue weighted by molar-refractivity contribution is 5.93. The largest absolute Gasteiger partial charge is 0.469 e. The molecule has 3 rings (SSSR count). The van der Waals surface area contributed by atoms with E-state index in [1.807, 2.05) is 0 Å². The van der Waals surface area contributed by atoms with Gasteiger partial charge in [0.1, 0.15) is 11.4 Å². The van der Waals surface area contributed by atoms with Crippen LogP contribution in [0.15, 0.2) is 24.5 Å². The number of hydrogen-bond acceptors (Lipinski definition) is 4. The van der Waals surface area contributed by atoms with Gasteiger partial charge in [-0.05, 0) is 26.7 Å². The molecule has 2 saturated heterocycles. The lowest BCUT2D eigenvalue weighted by Crippen LogP contribution is -2.40. The first-order valence-corrected chi connectivity index (χ1v) is 6.78. The first-order valence-electron chi connectivity index (χ1n) is 6.78. The first kappa shape index (κ1) is 12.9. The minimum Gasteiger partial charge on any atom is -0.469 e. The van der Waals surface area contributed by atoms with Gasteiger partial charge in [0.25, 0.3) is 0 Å². The fourth-order valence-corrected chi connectivity index (χ4v) is 3.05. The molecule has 1 unspecified atom stereocenters. The fourth-order valence-electron chi connectivity index (χ4n) is 3.05. The molecule has 0 radical (unpaired) electrons. The van der Waals surface area contributed by atoms with Gasteiger partial charge in [-0.3, -0.25) is 4.79 Å². The van der Waals surface area contributed by atoms with E-state index in [2.05, 4.69) is 20.4 Å². The molecular weight excluding hydrogens is 244 g/mol. The van der Waals surface area contributed by atoms with Crippen LogP contribution in [0.25, 0.3) is 0 Å². The Morgan fingerprint density at radius 3 is 2.89 bits per heavy atom. The summed E-state index contributed by atoms with van der Waals surface area (Å²) in [4.78, 5) is 12.0. The van der Waals surface area contributed by atoms with Gasteiger partial charge in [0.2, 0.25) is 0 Å². The summed E-state index contributed by atoms with van der Waals surface area (Å²) in [6.45, 7) is 8.10. The van der Waals surface area contributed by atoms with E-state index in [0.29, 0.717) is 18.6 Å². The Labute approximate surface area is 113 Å². The van der Waals surface area contributed by atoms with E-state index in [9.17, 15) is 4.79 Å². The zero-order valence-corrected chi connectivity index (χ0v) is 11.5. The molecular formula is C15H20O4. The number of epoxide rings is 1. The molecule has 0 bridgehead atoms. The summed E-state index contributed by atoms with van der Waals surface area (Å²) in [6, 6.07) is 0. The Morgan fingerprint density at radius 1 is 1.53 bits per heavy atom. The molecule has 3 atom stereocenters. The van der Waals surface area contributed by atoms with Crippen molar-refractivity contribution in [3.63, 3.8) is 0 Å². The smallest absolute Gasteiger partial charge is 0.189 e. The molecule has 4 heteroatoms. The SMILES string of the molecule is C=CC[C@H]1C[C@@]2(CC3OC3(C)C)OCOC2=CC1=O. The van der Waals surface area contributed by atoms with Crippen LogP contribution >= 0.6 is 0 Å². The Kier molecular flexibility index (Phi) is 2.84. The van der Waals surface area contributed by atoms with Crippen LogP contribution in [0, 0.1) is 5.92 Å². The average molecular weight is 264 g/mol. The predicted molar refractivity (Wildman–Crippen MR) is 69.3 cm³/mol. The van der Waals surface area contributed by atoms with Crippen molar-refractivity contribution in [2.75, 3.05) is 6.79 Å². The molecule has 0 spiro atoms. The van der Waals surface area contributed by atoms with Crippen molar-refractivity contribution in [2.45, 2.75) is 50.4 Å². The molecule has 1 aliphatic carbocycles. The van der Waals surface area contributed by atoms with Gasteiger partial charge in [0.15, 0.2) is 12.6 Å². The molecule has 0 aromatic heterocycles. The van der Waals surface area contributed by atoms with E-state index >= 15 is 0 Å². The van der Waals surface area contributed by atoms with Gasteiger partial charge in [0.05, 0.1) is 11.7 Å². The number of carbonyl (C=O) groups is 1. The molecule has 4 nitrogen and oxygen atoms in total. The zero-order valence-electron chi connectivity index (χ0n) is 11.5. The minimum absolute atomic E-state index is 0.0511. The Hall–Kier alpha value is -1.13. The molecule has 19 heavy (non-hydrogen) atoms. The van der Waals surface area contributed by atoms with E-state index in [1.54, 1.807) is 12.2 Å². The number of carbonyl (C=O) groups excluding carboxylic acids is 1. The first-order chi connectivity index (χ1) is 8.97. The third-order valence-corrected chi connectivity index (χ3v) is 4.38. The van der Waals surface area contributed by atoms with Gasteiger partial charge < -0.3 is 14.2 Å². The second-order valence-corrected chi connectivity index (χ2v) is 6.15. The van der Waals surface area contributed by atoms with E-state index < -0.39 is 5.60 Å². The van der Waals surface area contributed by atoms with E-state index in [0.717, 1.165) is 6.42 Å². The molecule has 2 aliphatic heterocycles. The summed E-state index contributed by atoms with van der Waals surface area (Å²) in [6.07, 6.45) is 5.69. The number of ketones is 1. The van der Waals surface area contributed by atoms with Crippen LogP contribution in [0.1, 0.15) is 33.1 Å². The van der Waals surface area contributed by atoms with Crippen LogP contribution in [-0.4, -0.2) is 29.9 Å². The maximum atomic E-state index is 12.0. The lowest BCUT2D eigenvalue weighted by Gasteiger charge is -2.33. The van der Waals surface area contributed by atoms with Crippen molar-refractivity contribution in [2.24, 2.45) is 5.92 Å². The third-order valence-electron chi connectivity index (χ3n) is 4.38. The highest BCUT2D eigenvalue weighted by Gasteiger charge is 2.57. The lowest BCUT2D eigenvalue weighted by molar-refractivity contribution is -0.122. The molecule has 2 fully saturated rings. The summed E-state index contributed by atoms with van der Waals surface area (Å²) in [5.41, 5.74) is -0.554. The summed E-state index contributed by atoms with van der Waals surface area (Å²) in [7, 11) is 0. The van der Waals surface area contributed by atoms with Gasteiger partial charge in [-0.2, -0.15) is 0 Å². The minimum atomic E-state index is -0.472. The number of fused-ring (bicyclic) bond motifs is 1. The molecule has 0 aromatic carbocycles. The molecule has 0 aromatic rings. The van der Waals surface area contributed by atoms with Crippen molar-refractivity contribution in [1.82, 2.24) is 0 Å². The topological polar surface area (TPSA) is 48.1 Å². The maximum absolute atomic E-state index is 12.0. The summed E-state index contributed by atoms with van der Waals surface area (Å²) in [5, 5.41) is 0. The third kappa shape index (κ3) is 2.13. The monoisotopic (exact) mass is 264 g/mol. The highest BCUT2D eigenvalue weighted by Crippen LogP contribution is 2.49. The van der Waals surface area contributed by atoms with Crippen molar-refractivity contribution >= 4 is 5.78 Å². The van der Waals surface area contributed by atoms with Gasteiger partial charge in [-0.15, -0.1) is 6.58 Å². The van der Waals surface area contributed by atoms with Crippen molar-refractivity contribution in [3.8, 4) is 0 Å². The summed E-state index contributed by atoms with van der Waals surface area (Å²) >= 11 is 0. The van der Waals surface area contributed by atoms with Crippen LogP contribution in [-0.2, 0) is 19.0 Å². The van der Waals surface area contributed by atoms with Crippen LogP contribution < -0.4 is 0 Å². The second kappa shape index (κ2) is 4.18. The van der Waals surface area contributed by atoms with Crippen molar-refractivity contribution in [3.05, 3.63) is 24.5 Å². The van der Waals surface area contributed by atoms with Crippen molar-refractivity contribution in [1.29, 1.82) is 0 Å². The quantitative estimate of drug-likeness (QED) is 0.577. The number of ether oxygens (including phenoxy) is 3. The summed E-state index contributed by atoms with van der Waals surface area (Å²) < 4.78 is 17.0. The molecule has 2 heterocycles. The van der Waals surface area contributed by atoms with Crippen LogP contribution in [0.5, 0.6) is 0 Å². The van der Waals surface area contributed by atoms with Gasteiger partial charge in [-0.1, -0.05) is 6.08 Å². The fraction of sp³-hybridized carbons (Fsp3) is 0.667. The van der Waals surface area contributed by atoms with E-state index in [1.165, 1.54) is 0 Å². The Balaban J connectivity index is 1.83. The Bertz CT molecular complexity index is 451. The highest BCUT2D eigenvalue weighted by atomic mass is 16.7. The van der Waals surface area contributed by atoms with Crippen LogP contribution in [0.2, 0.25) is 0 Å². The second-order valence-electron chi connectivity index (χ2n) is 6.15. The van der Waals surface area contributed by atoms with Crippen molar-refractivity contribution < 1.29 is 19.0 Å². The normalized spacial score (nSPS) is 39.3. The van der Waals surface area contributed by atoms with Crippen LogP contribution in [0.3, 0.4) is 0 Å². The van der Waals surface area contributed by atoms with Gasteiger partial charge in [0, 0.05) is 18.4 Å². The molecule has 0 N–H and O–H groups in total. The number of hydrogen-bond donors (Lipinski definition) is 0. The Morgan fingerprint density at radius 2 is 2.26 bits per heavy atom. The zero-order chi connectivity index (χ0) is 13.7. The lowest BCUT2D eigenvalue weighted by atomic mass is 9.76. The van der Waals surface area contributed by atoms with E-state index in [4.69, 9.17) is 14.2 Å².